The quantitative estimate of drug-likeness (QED) is 0.486. The third-order valence-corrected chi connectivity index (χ3v) is 4.78. The minimum absolute atomic E-state index is 0.105. The zero-order valence-corrected chi connectivity index (χ0v) is 15.8. The van der Waals surface area contributed by atoms with Gasteiger partial charge in [0, 0.05) is 18.3 Å². The van der Waals surface area contributed by atoms with Gasteiger partial charge in [0.2, 0.25) is 5.91 Å². The molecule has 2 N–H and O–H groups in total. The van der Waals surface area contributed by atoms with Crippen LogP contribution in [0.25, 0.3) is 11.0 Å². The van der Waals surface area contributed by atoms with Crippen molar-refractivity contribution in [3.05, 3.63) is 33.9 Å². The summed E-state index contributed by atoms with van der Waals surface area (Å²) in [7, 11) is 0. The molecular formula is C17H21N5O3S. The lowest BCUT2D eigenvalue weighted by Gasteiger charge is -2.11. The minimum atomic E-state index is -0.232. The predicted molar refractivity (Wildman–Crippen MR) is 101 cm³/mol. The molecule has 0 aromatic carbocycles. The number of thioether (sulfide) groups is 1. The van der Waals surface area contributed by atoms with Crippen LogP contribution in [0.3, 0.4) is 0 Å². The van der Waals surface area contributed by atoms with Crippen molar-refractivity contribution in [1.29, 1.82) is 0 Å². The Morgan fingerprint density at radius 3 is 2.88 bits per heavy atom. The molecule has 138 valence electrons. The van der Waals surface area contributed by atoms with Crippen LogP contribution in [0.2, 0.25) is 0 Å². The first-order chi connectivity index (χ1) is 12.5. The molecule has 0 fully saturated rings. The number of hydrogen-bond donors (Lipinski definition) is 2. The summed E-state index contributed by atoms with van der Waals surface area (Å²) in [4.78, 5) is 32.5. The maximum atomic E-state index is 12.8. The Bertz CT molecular complexity index is 988. The molecule has 0 radical (unpaired) electrons. The molecule has 3 rings (SSSR count). The lowest BCUT2D eigenvalue weighted by atomic mass is 10.3. The number of anilines is 1. The molecular weight excluding hydrogens is 354 g/mol. The molecule has 0 aliphatic rings. The zero-order chi connectivity index (χ0) is 18.7. The topological polar surface area (TPSA) is 106 Å². The summed E-state index contributed by atoms with van der Waals surface area (Å²) < 4.78 is 6.56. The zero-order valence-electron chi connectivity index (χ0n) is 15.0. The van der Waals surface area contributed by atoms with Crippen LogP contribution in [0.1, 0.15) is 31.2 Å². The molecule has 0 unspecified atom stereocenters. The van der Waals surface area contributed by atoms with E-state index in [0.29, 0.717) is 34.3 Å². The second-order valence-electron chi connectivity index (χ2n) is 6.08. The van der Waals surface area contributed by atoms with Crippen molar-refractivity contribution in [2.45, 2.75) is 45.3 Å². The van der Waals surface area contributed by atoms with Crippen LogP contribution in [0.4, 0.5) is 5.82 Å². The van der Waals surface area contributed by atoms with E-state index in [1.54, 1.807) is 17.6 Å². The molecule has 8 nitrogen and oxygen atoms in total. The molecule has 3 aromatic heterocycles. The fourth-order valence-corrected chi connectivity index (χ4v) is 3.39. The van der Waals surface area contributed by atoms with E-state index in [2.05, 4.69) is 27.4 Å². The summed E-state index contributed by atoms with van der Waals surface area (Å²) in [5.41, 5.74) is 1.90. The third kappa shape index (κ3) is 3.98. The van der Waals surface area contributed by atoms with Gasteiger partial charge in [-0.05, 0) is 26.3 Å². The number of hydrogen-bond acceptors (Lipinski definition) is 6. The van der Waals surface area contributed by atoms with Crippen molar-refractivity contribution >= 4 is 34.5 Å². The molecule has 3 heterocycles. The highest BCUT2D eigenvalue weighted by molar-refractivity contribution is 7.99. The Kier molecular flexibility index (Phi) is 5.46. The van der Waals surface area contributed by atoms with E-state index in [1.165, 1.54) is 11.8 Å². The third-order valence-electron chi connectivity index (χ3n) is 3.80. The molecule has 26 heavy (non-hydrogen) atoms. The van der Waals surface area contributed by atoms with E-state index < -0.39 is 0 Å². The maximum absolute atomic E-state index is 12.8. The standard InChI is InChI=1S/C17H21N5O3S/c1-4-5-6-22-16(24)15-12(7-10(2)18-15)19-17(22)26-9-14(23)20-13-8-11(3)25-21-13/h7-8,18H,4-6,9H2,1-3H3,(H,20,21,23). The molecule has 0 aliphatic heterocycles. The van der Waals surface area contributed by atoms with Crippen molar-refractivity contribution < 1.29 is 9.32 Å². The first-order valence-electron chi connectivity index (χ1n) is 8.44. The molecule has 0 atom stereocenters. The predicted octanol–water partition coefficient (Wildman–Crippen LogP) is 2.86. The number of fused-ring (bicyclic) bond motifs is 1. The molecule has 0 spiro atoms. The lowest BCUT2D eigenvalue weighted by molar-refractivity contribution is -0.113. The highest BCUT2D eigenvalue weighted by Crippen LogP contribution is 2.19. The van der Waals surface area contributed by atoms with Gasteiger partial charge in [0.1, 0.15) is 11.3 Å². The van der Waals surface area contributed by atoms with Crippen LogP contribution in [0.5, 0.6) is 0 Å². The van der Waals surface area contributed by atoms with Gasteiger partial charge in [0.15, 0.2) is 11.0 Å². The van der Waals surface area contributed by atoms with Crippen LogP contribution in [0, 0.1) is 13.8 Å². The SMILES string of the molecule is CCCCn1c(SCC(=O)Nc2cc(C)on2)nc2cc(C)[nH]c2c1=O. The fourth-order valence-electron chi connectivity index (χ4n) is 2.57. The van der Waals surface area contributed by atoms with Gasteiger partial charge in [-0.2, -0.15) is 0 Å². The van der Waals surface area contributed by atoms with Crippen molar-refractivity contribution in [2.75, 3.05) is 11.1 Å². The van der Waals surface area contributed by atoms with E-state index in [-0.39, 0.29) is 17.2 Å². The summed E-state index contributed by atoms with van der Waals surface area (Å²) in [6.07, 6.45) is 1.83. The van der Waals surface area contributed by atoms with Crippen molar-refractivity contribution in [3.8, 4) is 0 Å². The first kappa shape index (κ1) is 18.2. The van der Waals surface area contributed by atoms with Gasteiger partial charge in [0.05, 0.1) is 11.3 Å². The summed E-state index contributed by atoms with van der Waals surface area (Å²) in [6, 6.07) is 3.48. The molecule has 0 aliphatic carbocycles. The van der Waals surface area contributed by atoms with E-state index in [9.17, 15) is 9.59 Å². The summed E-state index contributed by atoms with van der Waals surface area (Å²) >= 11 is 1.24. The van der Waals surface area contributed by atoms with Crippen molar-refractivity contribution in [1.82, 2.24) is 19.7 Å². The average Bonchev–Trinajstić information content (AvgIpc) is 3.17. The Balaban J connectivity index is 1.80. The Morgan fingerprint density at radius 2 is 2.19 bits per heavy atom. The molecule has 3 aromatic rings. The number of carbonyl (C=O) groups is 1. The molecule has 0 saturated heterocycles. The van der Waals surface area contributed by atoms with Crippen LogP contribution >= 0.6 is 11.8 Å². The van der Waals surface area contributed by atoms with Gasteiger partial charge >= 0.3 is 0 Å². The molecule has 0 bridgehead atoms. The van der Waals surface area contributed by atoms with E-state index in [1.807, 2.05) is 13.0 Å². The number of aromatic nitrogens is 4. The highest BCUT2D eigenvalue weighted by Gasteiger charge is 2.15. The number of nitrogens with zero attached hydrogens (tertiary/aromatic N) is 3. The first-order valence-corrected chi connectivity index (χ1v) is 9.42. The number of carbonyl (C=O) groups excluding carboxylic acids is 1. The average molecular weight is 375 g/mol. The number of nitrogens with one attached hydrogen (secondary N) is 2. The van der Waals surface area contributed by atoms with Gasteiger partial charge in [-0.25, -0.2) is 4.98 Å². The number of unbranched alkanes of at least 4 members (excludes halogenated alkanes) is 1. The van der Waals surface area contributed by atoms with Crippen molar-refractivity contribution in [3.63, 3.8) is 0 Å². The summed E-state index contributed by atoms with van der Waals surface area (Å²) in [5.74, 6) is 0.890. The summed E-state index contributed by atoms with van der Waals surface area (Å²) in [6.45, 7) is 6.28. The van der Waals surface area contributed by atoms with Crippen molar-refractivity contribution in [2.24, 2.45) is 0 Å². The van der Waals surface area contributed by atoms with Gasteiger partial charge in [-0.3, -0.25) is 14.2 Å². The second-order valence-corrected chi connectivity index (χ2v) is 7.02. The van der Waals surface area contributed by atoms with E-state index in [4.69, 9.17) is 4.52 Å². The van der Waals surface area contributed by atoms with Gasteiger partial charge in [0.25, 0.3) is 5.56 Å². The Labute approximate surface area is 154 Å². The molecule has 1 amide bonds. The number of aryl methyl sites for hydroxylation is 2. The fraction of sp³-hybridized carbons (Fsp3) is 0.412. The van der Waals surface area contributed by atoms with Gasteiger partial charge in [-0.1, -0.05) is 30.3 Å². The van der Waals surface area contributed by atoms with Crippen LogP contribution in [-0.2, 0) is 11.3 Å². The Morgan fingerprint density at radius 1 is 1.38 bits per heavy atom. The second kappa shape index (κ2) is 7.77. The lowest BCUT2D eigenvalue weighted by Crippen LogP contribution is -2.24. The van der Waals surface area contributed by atoms with Crippen LogP contribution in [0.15, 0.2) is 26.6 Å². The number of rotatable bonds is 7. The van der Waals surface area contributed by atoms with E-state index >= 15 is 0 Å². The normalized spacial score (nSPS) is 11.2. The number of amides is 1. The van der Waals surface area contributed by atoms with Crippen LogP contribution < -0.4 is 10.9 Å². The highest BCUT2D eigenvalue weighted by atomic mass is 32.2. The van der Waals surface area contributed by atoms with Gasteiger partial charge < -0.3 is 14.8 Å². The molecule has 9 heteroatoms. The minimum Gasteiger partial charge on any atom is -0.360 e. The molecule has 0 saturated carbocycles. The smallest absolute Gasteiger partial charge is 0.278 e. The van der Waals surface area contributed by atoms with Gasteiger partial charge in [-0.15, -0.1) is 0 Å². The monoisotopic (exact) mass is 375 g/mol. The van der Waals surface area contributed by atoms with Crippen LogP contribution in [-0.4, -0.2) is 31.4 Å². The van der Waals surface area contributed by atoms with E-state index in [0.717, 1.165) is 18.5 Å². The number of aromatic amines is 1. The maximum Gasteiger partial charge on any atom is 0.278 e. The largest absolute Gasteiger partial charge is 0.360 e. The Hall–Kier alpha value is -2.55. The number of H-pyrrole nitrogens is 1. The summed E-state index contributed by atoms with van der Waals surface area (Å²) in [5, 5.41) is 6.94.